The summed E-state index contributed by atoms with van der Waals surface area (Å²) in [5.41, 5.74) is 2.75. The molecule has 0 radical (unpaired) electrons. The zero-order valence-corrected chi connectivity index (χ0v) is 24.6. The number of rotatable bonds is 10. The number of benzene rings is 3. The number of nitrogens with zero attached hydrogens (tertiary/aromatic N) is 4. The number of amides is 1. The normalized spacial score (nSPS) is 11.7. The van der Waals surface area contributed by atoms with Crippen LogP contribution in [0.25, 0.3) is 10.2 Å². The molecule has 3 aromatic carbocycles. The van der Waals surface area contributed by atoms with Crippen LogP contribution in [0.15, 0.2) is 102 Å². The van der Waals surface area contributed by atoms with Gasteiger partial charge in [-0.25, -0.2) is 13.4 Å². The van der Waals surface area contributed by atoms with Gasteiger partial charge in [0.2, 0.25) is 10.0 Å². The van der Waals surface area contributed by atoms with Gasteiger partial charge in [-0.15, -0.1) is 0 Å². The van der Waals surface area contributed by atoms with Gasteiger partial charge < -0.3 is 4.74 Å². The van der Waals surface area contributed by atoms with Crippen molar-refractivity contribution in [2.24, 2.45) is 0 Å². The van der Waals surface area contributed by atoms with Crippen LogP contribution in [-0.4, -0.2) is 41.7 Å². The Morgan fingerprint density at radius 3 is 2.29 bits per heavy atom. The van der Waals surface area contributed by atoms with Gasteiger partial charge in [0.1, 0.15) is 11.3 Å². The standard InChI is InChI=1S/C31H30N4O4S2/c1-22(2)35(21-23-9-5-4-6-10-23)41(37,38)26-16-14-25(15-17-26)30(36)34(20-24-11-8-18-32-19-24)31-33-29-27(39-3)12-7-13-28(29)40-31/h4-19,22H,20-21H2,1-3H3. The van der Waals surface area contributed by atoms with Crippen LogP contribution in [0, 0.1) is 0 Å². The van der Waals surface area contributed by atoms with Crippen molar-refractivity contribution in [1.29, 1.82) is 0 Å². The maximum Gasteiger partial charge on any atom is 0.260 e. The molecule has 0 saturated heterocycles. The Morgan fingerprint density at radius 2 is 1.63 bits per heavy atom. The Morgan fingerprint density at radius 1 is 0.902 bits per heavy atom. The van der Waals surface area contributed by atoms with Gasteiger partial charge in [0.25, 0.3) is 5.91 Å². The molecule has 210 valence electrons. The molecule has 5 aromatic rings. The van der Waals surface area contributed by atoms with Crippen molar-refractivity contribution in [2.45, 2.75) is 37.9 Å². The number of carbonyl (C=O) groups excluding carboxylic acids is 1. The third-order valence-corrected chi connectivity index (χ3v) is 9.67. The number of thiazole rings is 1. The number of pyridine rings is 1. The minimum absolute atomic E-state index is 0.127. The molecule has 5 rings (SSSR count). The first-order valence-electron chi connectivity index (χ1n) is 13.1. The summed E-state index contributed by atoms with van der Waals surface area (Å²) in [6.07, 6.45) is 3.38. The fourth-order valence-electron chi connectivity index (χ4n) is 4.46. The summed E-state index contributed by atoms with van der Waals surface area (Å²) < 4.78 is 35.1. The molecule has 0 N–H and O–H groups in total. The van der Waals surface area contributed by atoms with E-state index in [9.17, 15) is 13.2 Å². The van der Waals surface area contributed by atoms with Crippen LogP contribution in [-0.2, 0) is 23.1 Å². The second-order valence-electron chi connectivity index (χ2n) is 9.71. The molecule has 2 aromatic heterocycles. The lowest BCUT2D eigenvalue weighted by atomic mass is 10.2. The summed E-state index contributed by atoms with van der Waals surface area (Å²) >= 11 is 1.38. The average Bonchev–Trinajstić information content (AvgIpc) is 3.43. The summed E-state index contributed by atoms with van der Waals surface area (Å²) in [5.74, 6) is 0.319. The molecule has 10 heteroatoms. The van der Waals surface area contributed by atoms with Gasteiger partial charge in [0.05, 0.1) is 23.2 Å². The topological polar surface area (TPSA) is 92.7 Å². The highest BCUT2D eigenvalue weighted by atomic mass is 32.2. The molecule has 0 bridgehead atoms. The second-order valence-corrected chi connectivity index (χ2v) is 12.6. The molecule has 41 heavy (non-hydrogen) atoms. The van der Waals surface area contributed by atoms with E-state index in [-0.39, 0.29) is 29.9 Å². The van der Waals surface area contributed by atoms with Crippen LogP contribution in [0.1, 0.15) is 35.3 Å². The number of ether oxygens (including phenoxy) is 1. The van der Waals surface area contributed by atoms with Crippen LogP contribution in [0.5, 0.6) is 5.75 Å². The van der Waals surface area contributed by atoms with E-state index in [4.69, 9.17) is 9.72 Å². The molecule has 0 spiro atoms. The molecule has 8 nitrogen and oxygen atoms in total. The number of fused-ring (bicyclic) bond motifs is 1. The molecular weight excluding hydrogens is 556 g/mol. The van der Waals surface area contributed by atoms with E-state index >= 15 is 0 Å². The van der Waals surface area contributed by atoms with Crippen LogP contribution >= 0.6 is 11.3 Å². The molecule has 0 aliphatic rings. The van der Waals surface area contributed by atoms with Gasteiger partial charge in [-0.3, -0.25) is 14.7 Å². The van der Waals surface area contributed by atoms with Crippen molar-refractivity contribution >= 4 is 42.6 Å². The summed E-state index contributed by atoms with van der Waals surface area (Å²) in [4.78, 5) is 24.5. The van der Waals surface area contributed by atoms with Crippen molar-refractivity contribution in [3.63, 3.8) is 0 Å². The fourth-order valence-corrected chi connectivity index (χ4v) is 7.07. The average molecular weight is 587 g/mol. The minimum Gasteiger partial charge on any atom is -0.494 e. The molecule has 0 unspecified atom stereocenters. The molecule has 0 fully saturated rings. The van der Waals surface area contributed by atoms with E-state index in [2.05, 4.69) is 4.98 Å². The van der Waals surface area contributed by atoms with E-state index in [1.807, 2.05) is 74.5 Å². The number of sulfonamides is 1. The number of aromatic nitrogens is 2. The number of anilines is 1. The SMILES string of the molecule is COc1cccc2sc(N(Cc3cccnc3)C(=O)c3ccc(S(=O)(=O)N(Cc4ccccc4)C(C)C)cc3)nc12. The third kappa shape index (κ3) is 6.14. The smallest absolute Gasteiger partial charge is 0.260 e. The molecule has 0 saturated carbocycles. The number of carbonyl (C=O) groups is 1. The Balaban J connectivity index is 1.47. The van der Waals surface area contributed by atoms with Gasteiger partial charge in [-0.05, 0) is 67.4 Å². The van der Waals surface area contributed by atoms with E-state index in [1.165, 1.54) is 27.8 Å². The maximum absolute atomic E-state index is 13.9. The molecular formula is C31H30N4O4S2. The van der Waals surface area contributed by atoms with E-state index in [0.717, 1.165) is 15.8 Å². The quantitative estimate of drug-likeness (QED) is 0.195. The summed E-state index contributed by atoms with van der Waals surface area (Å²) in [6, 6.07) is 24.7. The molecule has 0 aliphatic heterocycles. The van der Waals surface area contributed by atoms with E-state index in [0.29, 0.717) is 22.0 Å². The van der Waals surface area contributed by atoms with Crippen LogP contribution in [0.4, 0.5) is 5.13 Å². The molecule has 2 heterocycles. The Bertz CT molecular complexity index is 1740. The molecule has 0 aliphatic carbocycles. The third-order valence-electron chi connectivity index (χ3n) is 6.60. The van der Waals surface area contributed by atoms with Crippen molar-refractivity contribution in [3.05, 3.63) is 114 Å². The van der Waals surface area contributed by atoms with Gasteiger partial charge in [-0.1, -0.05) is 53.8 Å². The highest BCUT2D eigenvalue weighted by molar-refractivity contribution is 7.89. The Kier molecular flexibility index (Phi) is 8.44. The van der Waals surface area contributed by atoms with Gasteiger partial charge in [0.15, 0.2) is 5.13 Å². The summed E-state index contributed by atoms with van der Waals surface area (Å²) in [7, 11) is -2.23. The van der Waals surface area contributed by atoms with Crippen molar-refractivity contribution in [3.8, 4) is 5.75 Å². The first-order valence-corrected chi connectivity index (χ1v) is 15.3. The van der Waals surface area contributed by atoms with Crippen molar-refractivity contribution in [1.82, 2.24) is 14.3 Å². The number of hydrogen-bond donors (Lipinski definition) is 0. The fraction of sp³-hybridized carbons (Fsp3) is 0.194. The van der Waals surface area contributed by atoms with Crippen LogP contribution in [0.2, 0.25) is 0 Å². The predicted molar refractivity (Wildman–Crippen MR) is 162 cm³/mol. The van der Waals surface area contributed by atoms with Gasteiger partial charge in [0, 0.05) is 30.5 Å². The highest BCUT2D eigenvalue weighted by Crippen LogP contribution is 2.35. The zero-order valence-electron chi connectivity index (χ0n) is 23.0. The summed E-state index contributed by atoms with van der Waals surface area (Å²) in [5, 5.41) is 0.504. The van der Waals surface area contributed by atoms with Crippen molar-refractivity contribution in [2.75, 3.05) is 12.0 Å². The molecule has 1 amide bonds. The Labute approximate surface area is 243 Å². The largest absolute Gasteiger partial charge is 0.494 e. The van der Waals surface area contributed by atoms with E-state index < -0.39 is 10.0 Å². The Hall–Kier alpha value is -4.12. The maximum atomic E-state index is 13.9. The monoisotopic (exact) mass is 586 g/mol. The number of hydrogen-bond acceptors (Lipinski definition) is 7. The van der Waals surface area contributed by atoms with Gasteiger partial charge >= 0.3 is 0 Å². The highest BCUT2D eigenvalue weighted by Gasteiger charge is 2.28. The van der Waals surface area contributed by atoms with Crippen LogP contribution in [0.3, 0.4) is 0 Å². The van der Waals surface area contributed by atoms with Gasteiger partial charge in [-0.2, -0.15) is 4.31 Å². The first kappa shape index (κ1) is 28.4. The lowest BCUT2D eigenvalue weighted by Gasteiger charge is -2.26. The summed E-state index contributed by atoms with van der Waals surface area (Å²) in [6.45, 7) is 4.19. The number of methoxy groups -OCH3 is 1. The lowest BCUT2D eigenvalue weighted by molar-refractivity contribution is 0.0985. The van der Waals surface area contributed by atoms with Crippen molar-refractivity contribution < 1.29 is 17.9 Å². The first-order chi connectivity index (χ1) is 19.8. The van der Waals surface area contributed by atoms with Crippen LogP contribution < -0.4 is 9.64 Å². The zero-order chi connectivity index (χ0) is 29.0. The minimum atomic E-state index is -3.81. The lowest BCUT2D eigenvalue weighted by Crippen LogP contribution is -2.36. The van der Waals surface area contributed by atoms with E-state index in [1.54, 1.807) is 36.5 Å². The second kappa shape index (κ2) is 12.2. The number of para-hydroxylation sites is 1. The predicted octanol–water partition coefficient (Wildman–Crippen LogP) is 6.15. The molecule has 0 atom stereocenters.